The van der Waals surface area contributed by atoms with E-state index in [1.807, 2.05) is 6.92 Å². The normalized spacial score (nSPS) is 8.91. The number of ketones is 1. The van der Waals surface area contributed by atoms with E-state index in [1.54, 1.807) is 27.7 Å². The smallest absolute Gasteiger partial charge is 0.129 e. The fourth-order valence-electron chi connectivity index (χ4n) is 0. The van der Waals surface area contributed by atoms with Gasteiger partial charge >= 0.3 is 0 Å². The molecular formula is C8H21NO2. The highest BCUT2D eigenvalue weighted by atomic mass is 16.3. The summed E-state index contributed by atoms with van der Waals surface area (Å²) in [7, 11) is 0. The molecule has 0 radical (unpaired) electrons. The summed E-state index contributed by atoms with van der Waals surface area (Å²) in [6.07, 6.45) is 0.667. The monoisotopic (exact) mass is 163 g/mol. The summed E-state index contributed by atoms with van der Waals surface area (Å²) in [5.41, 5.74) is -0.500. The van der Waals surface area contributed by atoms with Crippen molar-refractivity contribution in [3.8, 4) is 0 Å². The van der Waals surface area contributed by atoms with Gasteiger partial charge in [0.1, 0.15) is 5.78 Å². The molecule has 0 saturated carbocycles. The summed E-state index contributed by atoms with van der Waals surface area (Å²) < 4.78 is 0. The lowest BCUT2D eigenvalue weighted by molar-refractivity contribution is -0.116. The summed E-state index contributed by atoms with van der Waals surface area (Å²) in [6, 6.07) is 0. The molecule has 0 rings (SSSR count). The van der Waals surface area contributed by atoms with Gasteiger partial charge in [0.05, 0.1) is 5.60 Å². The zero-order valence-corrected chi connectivity index (χ0v) is 8.27. The average Bonchev–Trinajstić information content (AvgIpc) is 1.61. The van der Waals surface area contributed by atoms with Crippen molar-refractivity contribution in [2.45, 2.75) is 46.6 Å². The largest absolute Gasteiger partial charge is 0.391 e. The van der Waals surface area contributed by atoms with Gasteiger partial charge in [0.25, 0.3) is 0 Å². The molecule has 0 fully saturated rings. The van der Waals surface area contributed by atoms with E-state index >= 15 is 0 Å². The van der Waals surface area contributed by atoms with Crippen molar-refractivity contribution >= 4 is 5.78 Å². The van der Waals surface area contributed by atoms with Crippen molar-refractivity contribution in [2.75, 3.05) is 0 Å². The van der Waals surface area contributed by atoms with Gasteiger partial charge in [-0.2, -0.15) is 0 Å². The molecule has 0 unspecified atom stereocenters. The molecular weight excluding hydrogens is 142 g/mol. The van der Waals surface area contributed by atoms with Gasteiger partial charge in [0.15, 0.2) is 0 Å². The molecule has 0 aliphatic carbocycles. The molecule has 0 aromatic heterocycles. The van der Waals surface area contributed by atoms with Crippen LogP contribution in [0.1, 0.15) is 41.0 Å². The molecule has 3 heteroatoms. The van der Waals surface area contributed by atoms with Crippen molar-refractivity contribution in [3.05, 3.63) is 0 Å². The Morgan fingerprint density at radius 2 is 1.45 bits per heavy atom. The van der Waals surface area contributed by atoms with Crippen molar-refractivity contribution in [1.82, 2.24) is 6.15 Å². The third-order valence-electron chi connectivity index (χ3n) is 0.498. The summed E-state index contributed by atoms with van der Waals surface area (Å²) >= 11 is 0. The third-order valence-corrected chi connectivity index (χ3v) is 0.498. The SMILES string of the molecule is CC(C)(C)O.CCC(C)=O.N. The van der Waals surface area contributed by atoms with Crippen LogP contribution >= 0.6 is 0 Å². The number of aliphatic hydroxyl groups is 1. The summed E-state index contributed by atoms with van der Waals surface area (Å²) in [5.74, 6) is 0.255. The molecule has 0 saturated heterocycles. The Kier molecular flexibility index (Phi) is 11.8. The number of Topliss-reactive ketones (excluding diaryl/α,β-unsaturated/α-hetero) is 1. The average molecular weight is 163 g/mol. The first-order chi connectivity index (χ1) is 4.27. The van der Waals surface area contributed by atoms with E-state index in [4.69, 9.17) is 5.11 Å². The standard InChI is InChI=1S/C4H10O.C4H8O.H3N/c1-4(2,3)5;1-3-4(2)5;/h5H,1-3H3;3H2,1-2H3;1H3. The van der Waals surface area contributed by atoms with Crippen LogP contribution in [0, 0.1) is 0 Å². The van der Waals surface area contributed by atoms with E-state index in [-0.39, 0.29) is 11.9 Å². The first-order valence-electron chi connectivity index (χ1n) is 3.49. The van der Waals surface area contributed by atoms with E-state index in [0.29, 0.717) is 6.42 Å². The van der Waals surface area contributed by atoms with Crippen molar-refractivity contribution in [2.24, 2.45) is 0 Å². The Hall–Kier alpha value is -0.410. The molecule has 70 valence electrons. The lowest BCUT2D eigenvalue weighted by Gasteiger charge is -2.04. The molecule has 0 amide bonds. The number of hydrogen-bond donors (Lipinski definition) is 2. The van der Waals surface area contributed by atoms with E-state index in [2.05, 4.69) is 0 Å². The van der Waals surface area contributed by atoms with Gasteiger partial charge in [-0.3, -0.25) is 0 Å². The topological polar surface area (TPSA) is 72.3 Å². The molecule has 0 atom stereocenters. The Morgan fingerprint density at radius 1 is 1.36 bits per heavy atom. The van der Waals surface area contributed by atoms with Crippen LogP contribution in [0.2, 0.25) is 0 Å². The minimum atomic E-state index is -0.500. The Bertz CT molecular complexity index is 88.8. The second kappa shape index (κ2) is 7.69. The zero-order valence-electron chi connectivity index (χ0n) is 8.27. The summed E-state index contributed by atoms with van der Waals surface area (Å²) in [5, 5.41) is 8.52. The lowest BCUT2D eigenvalue weighted by Crippen LogP contribution is -2.10. The number of hydrogen-bond acceptors (Lipinski definition) is 3. The molecule has 0 aliphatic heterocycles. The third kappa shape index (κ3) is 219. The highest BCUT2D eigenvalue weighted by molar-refractivity contribution is 5.74. The van der Waals surface area contributed by atoms with Gasteiger partial charge in [0, 0.05) is 6.42 Å². The predicted molar refractivity (Wildman–Crippen MR) is 48.0 cm³/mol. The van der Waals surface area contributed by atoms with E-state index in [0.717, 1.165) is 0 Å². The van der Waals surface area contributed by atoms with Crippen LogP contribution in [0.3, 0.4) is 0 Å². The maximum Gasteiger partial charge on any atom is 0.129 e. The Labute approximate surface area is 69.4 Å². The van der Waals surface area contributed by atoms with E-state index < -0.39 is 5.60 Å². The van der Waals surface area contributed by atoms with Crippen LogP contribution in [-0.4, -0.2) is 16.5 Å². The molecule has 3 nitrogen and oxygen atoms in total. The second-order valence-corrected chi connectivity index (χ2v) is 3.23. The highest BCUT2D eigenvalue weighted by Gasteiger charge is 1.97. The minimum Gasteiger partial charge on any atom is -0.391 e. The Balaban J connectivity index is -0.000000107. The van der Waals surface area contributed by atoms with Gasteiger partial charge in [-0.15, -0.1) is 0 Å². The fourth-order valence-corrected chi connectivity index (χ4v) is 0. The first-order valence-corrected chi connectivity index (χ1v) is 3.49. The second-order valence-electron chi connectivity index (χ2n) is 3.23. The number of carbonyl (C=O) groups is 1. The van der Waals surface area contributed by atoms with Crippen LogP contribution in [0.4, 0.5) is 0 Å². The molecule has 0 aromatic rings. The zero-order chi connectivity index (χ0) is 8.78. The van der Waals surface area contributed by atoms with E-state index in [1.165, 1.54) is 0 Å². The molecule has 0 spiro atoms. The first kappa shape index (κ1) is 16.9. The van der Waals surface area contributed by atoms with E-state index in [9.17, 15) is 4.79 Å². The molecule has 11 heavy (non-hydrogen) atoms. The maximum atomic E-state index is 9.81. The summed E-state index contributed by atoms with van der Waals surface area (Å²) in [6.45, 7) is 8.66. The Morgan fingerprint density at radius 3 is 1.45 bits per heavy atom. The minimum absolute atomic E-state index is 0. The number of rotatable bonds is 1. The molecule has 0 aliphatic rings. The maximum absolute atomic E-state index is 9.81. The number of carbonyl (C=O) groups excluding carboxylic acids is 1. The van der Waals surface area contributed by atoms with Crippen LogP contribution in [0.5, 0.6) is 0 Å². The summed E-state index contributed by atoms with van der Waals surface area (Å²) in [4.78, 5) is 9.81. The fraction of sp³-hybridized carbons (Fsp3) is 0.875. The van der Waals surface area contributed by atoms with Gasteiger partial charge < -0.3 is 16.1 Å². The predicted octanol–water partition coefficient (Wildman–Crippen LogP) is 1.92. The van der Waals surface area contributed by atoms with Crippen LogP contribution in [0.15, 0.2) is 0 Å². The van der Waals surface area contributed by atoms with Gasteiger partial charge in [0.2, 0.25) is 0 Å². The van der Waals surface area contributed by atoms with Gasteiger partial charge in [-0.1, -0.05) is 6.92 Å². The quantitative estimate of drug-likeness (QED) is 0.620. The molecule has 0 heterocycles. The molecule has 0 aromatic carbocycles. The van der Waals surface area contributed by atoms with Gasteiger partial charge in [-0.25, -0.2) is 0 Å². The highest BCUT2D eigenvalue weighted by Crippen LogP contribution is 1.93. The van der Waals surface area contributed by atoms with Crippen molar-refractivity contribution in [1.29, 1.82) is 0 Å². The van der Waals surface area contributed by atoms with Crippen LogP contribution in [-0.2, 0) is 4.79 Å². The van der Waals surface area contributed by atoms with Crippen LogP contribution < -0.4 is 6.15 Å². The molecule has 0 bridgehead atoms. The van der Waals surface area contributed by atoms with Crippen LogP contribution in [0.25, 0.3) is 0 Å². The van der Waals surface area contributed by atoms with Gasteiger partial charge in [-0.05, 0) is 27.7 Å². The van der Waals surface area contributed by atoms with Crippen molar-refractivity contribution < 1.29 is 9.90 Å². The molecule has 4 N–H and O–H groups in total. The van der Waals surface area contributed by atoms with Crippen molar-refractivity contribution in [3.63, 3.8) is 0 Å². The lowest BCUT2D eigenvalue weighted by atomic mass is 10.2.